The van der Waals surface area contributed by atoms with Crippen molar-refractivity contribution in [1.82, 2.24) is 4.31 Å². The monoisotopic (exact) mass is 317 g/mol. The van der Waals surface area contributed by atoms with Gasteiger partial charge in [-0.1, -0.05) is 11.6 Å². The van der Waals surface area contributed by atoms with Crippen LogP contribution in [0.1, 0.15) is 37.0 Å². The predicted molar refractivity (Wildman–Crippen MR) is 75.6 cm³/mol. The molecule has 1 aromatic carbocycles. The smallest absolute Gasteiger partial charge is 0.337 e. The maximum absolute atomic E-state index is 12.6. The van der Waals surface area contributed by atoms with Gasteiger partial charge in [-0.05, 0) is 44.9 Å². The number of carbonyl (C=O) groups is 1. The molecule has 0 bridgehead atoms. The molecule has 0 unspecified atom stereocenters. The third kappa shape index (κ3) is 2.55. The summed E-state index contributed by atoms with van der Waals surface area (Å²) in [5.74, 6) is -1.18. The van der Waals surface area contributed by atoms with E-state index in [1.165, 1.54) is 22.5 Å². The lowest BCUT2D eigenvalue weighted by Crippen LogP contribution is -2.42. The minimum atomic E-state index is -3.66. The number of rotatable bonds is 3. The van der Waals surface area contributed by atoms with Crippen LogP contribution in [0.5, 0.6) is 0 Å². The highest BCUT2D eigenvalue weighted by Crippen LogP contribution is 2.34. The van der Waals surface area contributed by atoms with Crippen molar-refractivity contribution in [3.63, 3.8) is 0 Å². The highest BCUT2D eigenvalue weighted by Gasteiger charge is 2.41. The average Bonchev–Trinajstić information content (AvgIpc) is 2.68. The highest BCUT2D eigenvalue weighted by molar-refractivity contribution is 7.89. The van der Waals surface area contributed by atoms with Crippen molar-refractivity contribution in [1.29, 1.82) is 0 Å². The zero-order valence-corrected chi connectivity index (χ0v) is 12.8. The first kappa shape index (κ1) is 15.3. The third-order valence-electron chi connectivity index (χ3n) is 3.58. The van der Waals surface area contributed by atoms with Crippen LogP contribution in [0.2, 0.25) is 5.02 Å². The van der Waals surface area contributed by atoms with E-state index in [1.54, 1.807) is 0 Å². The van der Waals surface area contributed by atoms with Gasteiger partial charge in [0, 0.05) is 12.1 Å². The van der Waals surface area contributed by atoms with Crippen molar-refractivity contribution >= 4 is 27.6 Å². The van der Waals surface area contributed by atoms with E-state index in [0.717, 1.165) is 12.8 Å². The van der Waals surface area contributed by atoms with Crippen LogP contribution in [0.4, 0.5) is 0 Å². The molecule has 2 rings (SSSR count). The second-order valence-electron chi connectivity index (χ2n) is 5.44. The Morgan fingerprint density at radius 1 is 1.40 bits per heavy atom. The summed E-state index contributed by atoms with van der Waals surface area (Å²) in [4.78, 5) is 10.9. The van der Waals surface area contributed by atoms with Crippen molar-refractivity contribution in [3.05, 3.63) is 28.8 Å². The van der Waals surface area contributed by atoms with E-state index < -0.39 is 21.5 Å². The van der Waals surface area contributed by atoms with Crippen molar-refractivity contribution in [2.24, 2.45) is 0 Å². The lowest BCUT2D eigenvalue weighted by Gasteiger charge is -2.30. The van der Waals surface area contributed by atoms with Crippen LogP contribution in [0.15, 0.2) is 23.1 Å². The van der Waals surface area contributed by atoms with Crippen LogP contribution >= 0.6 is 11.6 Å². The van der Waals surface area contributed by atoms with E-state index >= 15 is 0 Å². The van der Waals surface area contributed by atoms with Crippen molar-refractivity contribution in [3.8, 4) is 0 Å². The van der Waals surface area contributed by atoms with Crippen LogP contribution in [0.25, 0.3) is 0 Å². The summed E-state index contributed by atoms with van der Waals surface area (Å²) in [5, 5.41) is 8.84. The Morgan fingerprint density at radius 2 is 2.05 bits per heavy atom. The second-order valence-corrected chi connectivity index (χ2v) is 7.71. The molecule has 1 saturated heterocycles. The molecule has 0 radical (unpaired) electrons. The molecule has 5 nitrogen and oxygen atoms in total. The molecule has 1 N–H and O–H groups in total. The van der Waals surface area contributed by atoms with Crippen LogP contribution in [0.3, 0.4) is 0 Å². The van der Waals surface area contributed by atoms with Gasteiger partial charge in [0.05, 0.1) is 15.5 Å². The van der Waals surface area contributed by atoms with Gasteiger partial charge in [0.25, 0.3) is 0 Å². The molecule has 0 saturated carbocycles. The quantitative estimate of drug-likeness (QED) is 0.929. The zero-order chi connectivity index (χ0) is 15.1. The third-order valence-corrected chi connectivity index (χ3v) is 6.00. The first-order valence-electron chi connectivity index (χ1n) is 6.22. The van der Waals surface area contributed by atoms with E-state index in [2.05, 4.69) is 0 Å². The van der Waals surface area contributed by atoms with Crippen LogP contribution in [-0.4, -0.2) is 35.9 Å². The number of nitrogens with zero attached hydrogens (tertiary/aromatic N) is 1. The summed E-state index contributed by atoms with van der Waals surface area (Å²) in [7, 11) is -3.66. The van der Waals surface area contributed by atoms with Gasteiger partial charge in [-0.2, -0.15) is 4.31 Å². The number of hydrogen-bond acceptors (Lipinski definition) is 3. The molecule has 1 aromatic rings. The van der Waals surface area contributed by atoms with Crippen molar-refractivity contribution < 1.29 is 18.3 Å². The SMILES string of the molecule is CC1(C)CCCN1S(=O)(=O)c1ccc(C(=O)O)c(Cl)c1. The van der Waals surface area contributed by atoms with Crippen LogP contribution in [0, 0.1) is 0 Å². The Labute approximate surface area is 123 Å². The lowest BCUT2D eigenvalue weighted by molar-refractivity contribution is 0.0697. The number of sulfonamides is 1. The average molecular weight is 318 g/mol. The number of halogens is 1. The molecule has 20 heavy (non-hydrogen) atoms. The molecular weight excluding hydrogens is 302 g/mol. The summed E-state index contributed by atoms with van der Waals surface area (Å²) in [6.45, 7) is 4.23. The fourth-order valence-corrected chi connectivity index (χ4v) is 4.68. The fourth-order valence-electron chi connectivity index (χ4n) is 2.49. The molecule has 7 heteroatoms. The number of carboxylic acid groups (broad SMARTS) is 1. The maximum Gasteiger partial charge on any atom is 0.337 e. The number of aromatic carboxylic acids is 1. The van der Waals surface area contributed by atoms with E-state index in [0.29, 0.717) is 6.54 Å². The first-order chi connectivity index (χ1) is 9.16. The number of carboxylic acids is 1. The summed E-state index contributed by atoms with van der Waals surface area (Å²) in [5.41, 5.74) is -0.539. The van der Waals surface area contributed by atoms with E-state index in [-0.39, 0.29) is 15.5 Å². The normalized spacial score (nSPS) is 19.1. The topological polar surface area (TPSA) is 74.7 Å². The van der Waals surface area contributed by atoms with Crippen LogP contribution in [-0.2, 0) is 10.0 Å². The Kier molecular flexibility index (Phi) is 3.83. The van der Waals surface area contributed by atoms with E-state index in [4.69, 9.17) is 16.7 Å². The standard InChI is InChI=1S/C13H16ClNO4S/c1-13(2)6-3-7-15(13)20(18,19)9-4-5-10(12(16)17)11(14)8-9/h4-5,8H,3,6-7H2,1-2H3,(H,16,17). The molecule has 1 heterocycles. The zero-order valence-electron chi connectivity index (χ0n) is 11.3. The number of hydrogen-bond donors (Lipinski definition) is 1. The second kappa shape index (κ2) is 5.02. The summed E-state index contributed by atoms with van der Waals surface area (Å²) < 4.78 is 26.7. The maximum atomic E-state index is 12.6. The molecule has 110 valence electrons. The Balaban J connectivity index is 2.45. The lowest BCUT2D eigenvalue weighted by atomic mass is 10.0. The van der Waals surface area contributed by atoms with Gasteiger partial charge in [-0.3, -0.25) is 0 Å². The largest absolute Gasteiger partial charge is 0.478 e. The Bertz CT molecular complexity index is 654. The van der Waals surface area contributed by atoms with Crippen molar-refractivity contribution in [2.75, 3.05) is 6.54 Å². The minimum absolute atomic E-state index is 0.0301. The van der Waals surface area contributed by atoms with Gasteiger partial charge in [-0.15, -0.1) is 0 Å². The molecule has 0 aliphatic carbocycles. The summed E-state index contributed by atoms with van der Waals surface area (Å²) in [6, 6.07) is 3.72. The van der Waals surface area contributed by atoms with Gasteiger partial charge in [0.1, 0.15) is 0 Å². The van der Waals surface area contributed by atoms with Gasteiger partial charge in [0.15, 0.2) is 0 Å². The highest BCUT2D eigenvalue weighted by atomic mass is 35.5. The van der Waals surface area contributed by atoms with Gasteiger partial charge < -0.3 is 5.11 Å². The molecule has 0 aromatic heterocycles. The molecule has 0 atom stereocenters. The molecule has 1 fully saturated rings. The molecular formula is C13H16ClNO4S. The van der Waals surface area contributed by atoms with Gasteiger partial charge >= 0.3 is 5.97 Å². The summed E-state index contributed by atoms with van der Waals surface area (Å²) in [6.07, 6.45) is 1.61. The molecule has 1 aliphatic heterocycles. The molecule has 1 aliphatic rings. The van der Waals surface area contributed by atoms with E-state index in [9.17, 15) is 13.2 Å². The van der Waals surface area contributed by atoms with E-state index in [1.807, 2.05) is 13.8 Å². The summed E-state index contributed by atoms with van der Waals surface area (Å²) >= 11 is 5.84. The van der Waals surface area contributed by atoms with Gasteiger partial charge in [-0.25, -0.2) is 13.2 Å². The molecule has 0 spiro atoms. The Hall–Kier alpha value is -1.11. The minimum Gasteiger partial charge on any atom is -0.478 e. The molecule has 0 amide bonds. The first-order valence-corrected chi connectivity index (χ1v) is 8.04. The Morgan fingerprint density at radius 3 is 2.50 bits per heavy atom. The predicted octanol–water partition coefficient (Wildman–Crippen LogP) is 2.60. The number of benzene rings is 1. The fraction of sp³-hybridized carbons (Fsp3) is 0.462. The van der Waals surface area contributed by atoms with Crippen LogP contribution < -0.4 is 0 Å². The van der Waals surface area contributed by atoms with Crippen molar-refractivity contribution in [2.45, 2.75) is 37.1 Å². The van der Waals surface area contributed by atoms with Gasteiger partial charge in [0.2, 0.25) is 10.0 Å².